The Kier molecular flexibility index (Phi) is 5.90. The highest BCUT2D eigenvalue weighted by atomic mass is 16.5. The van der Waals surface area contributed by atoms with Gasteiger partial charge in [0.1, 0.15) is 11.7 Å². The third-order valence-electron chi connectivity index (χ3n) is 3.76. The van der Waals surface area contributed by atoms with Gasteiger partial charge in [-0.2, -0.15) is 0 Å². The number of carbonyl (C=O) groups excluding carboxylic acids is 1. The number of aliphatic hydroxyl groups is 1. The zero-order valence-electron chi connectivity index (χ0n) is 13.4. The fourth-order valence-corrected chi connectivity index (χ4v) is 2.74. The summed E-state index contributed by atoms with van der Waals surface area (Å²) in [5.41, 5.74) is -0.0988. The summed E-state index contributed by atoms with van der Waals surface area (Å²) in [5, 5.41) is 11.4. The predicted octanol–water partition coefficient (Wildman–Crippen LogP) is 3.22. The fraction of sp³-hybridized carbons (Fsp3) is 0.316. The van der Waals surface area contributed by atoms with Crippen LogP contribution in [-0.4, -0.2) is 24.8 Å². The van der Waals surface area contributed by atoms with Crippen molar-refractivity contribution in [2.45, 2.75) is 25.0 Å². The summed E-state index contributed by atoms with van der Waals surface area (Å²) < 4.78 is 10.6. The molecule has 0 fully saturated rings. The standard InChI is InChI=1S/C19H22O4/c1-3-23-17(20)14-19(21,16-12-8-5-9-13-16)18(22-2)15-10-6-4-7-11-15/h4-13,18,21H,3,14H2,1-2H3/t18-,19+/m1/s1. The molecule has 0 bridgehead atoms. The van der Waals surface area contributed by atoms with E-state index in [4.69, 9.17) is 9.47 Å². The lowest BCUT2D eigenvalue weighted by molar-refractivity contribution is -0.159. The first-order valence-corrected chi connectivity index (χ1v) is 7.63. The average molecular weight is 314 g/mol. The molecule has 122 valence electrons. The minimum absolute atomic E-state index is 0.182. The molecule has 2 aromatic carbocycles. The molecule has 0 aromatic heterocycles. The van der Waals surface area contributed by atoms with Crippen molar-refractivity contribution in [1.29, 1.82) is 0 Å². The Balaban J connectivity index is 2.45. The van der Waals surface area contributed by atoms with Gasteiger partial charge < -0.3 is 14.6 Å². The first kappa shape index (κ1) is 17.2. The molecule has 23 heavy (non-hydrogen) atoms. The Bertz CT molecular complexity index is 612. The maximum absolute atomic E-state index is 12.0. The van der Waals surface area contributed by atoms with Crippen molar-refractivity contribution in [3.8, 4) is 0 Å². The molecular weight excluding hydrogens is 292 g/mol. The topological polar surface area (TPSA) is 55.8 Å². The Morgan fingerprint density at radius 1 is 1.09 bits per heavy atom. The van der Waals surface area contributed by atoms with Gasteiger partial charge in [0.15, 0.2) is 0 Å². The quantitative estimate of drug-likeness (QED) is 0.797. The second kappa shape index (κ2) is 7.90. The van der Waals surface area contributed by atoms with Crippen LogP contribution in [0.3, 0.4) is 0 Å². The van der Waals surface area contributed by atoms with Gasteiger partial charge in [0.2, 0.25) is 0 Å². The molecule has 0 amide bonds. The van der Waals surface area contributed by atoms with E-state index in [0.29, 0.717) is 5.56 Å². The lowest BCUT2D eigenvalue weighted by atomic mass is 9.81. The molecule has 0 unspecified atom stereocenters. The molecule has 0 radical (unpaired) electrons. The monoisotopic (exact) mass is 314 g/mol. The van der Waals surface area contributed by atoms with E-state index in [0.717, 1.165) is 5.56 Å². The van der Waals surface area contributed by atoms with Crippen molar-refractivity contribution in [2.75, 3.05) is 13.7 Å². The van der Waals surface area contributed by atoms with E-state index in [1.807, 2.05) is 48.5 Å². The Morgan fingerprint density at radius 3 is 2.17 bits per heavy atom. The van der Waals surface area contributed by atoms with Gasteiger partial charge in [-0.25, -0.2) is 0 Å². The Hall–Kier alpha value is -2.17. The highest BCUT2D eigenvalue weighted by Crippen LogP contribution is 2.40. The SMILES string of the molecule is CCOC(=O)C[C@](O)(c1ccccc1)[C@H](OC)c1ccccc1. The van der Waals surface area contributed by atoms with Crippen LogP contribution in [0.15, 0.2) is 60.7 Å². The van der Waals surface area contributed by atoms with E-state index in [9.17, 15) is 9.90 Å². The van der Waals surface area contributed by atoms with E-state index >= 15 is 0 Å². The average Bonchev–Trinajstić information content (AvgIpc) is 2.57. The third kappa shape index (κ3) is 3.97. The number of esters is 1. The molecule has 0 saturated carbocycles. The molecule has 2 aromatic rings. The number of benzene rings is 2. The van der Waals surface area contributed by atoms with Gasteiger partial charge in [0.05, 0.1) is 13.0 Å². The lowest BCUT2D eigenvalue weighted by Gasteiger charge is -2.35. The van der Waals surface area contributed by atoms with Crippen LogP contribution in [-0.2, 0) is 19.9 Å². The molecule has 2 atom stereocenters. The van der Waals surface area contributed by atoms with E-state index in [1.165, 1.54) is 7.11 Å². The summed E-state index contributed by atoms with van der Waals surface area (Å²) in [6, 6.07) is 18.4. The minimum Gasteiger partial charge on any atom is -0.466 e. The van der Waals surface area contributed by atoms with Crippen LogP contribution in [0.25, 0.3) is 0 Å². The van der Waals surface area contributed by atoms with E-state index in [1.54, 1.807) is 19.1 Å². The van der Waals surface area contributed by atoms with Crippen LogP contribution >= 0.6 is 0 Å². The molecule has 0 aliphatic rings. The third-order valence-corrected chi connectivity index (χ3v) is 3.76. The van der Waals surface area contributed by atoms with Crippen molar-refractivity contribution in [3.63, 3.8) is 0 Å². The minimum atomic E-state index is -1.51. The predicted molar refractivity (Wildman–Crippen MR) is 87.8 cm³/mol. The van der Waals surface area contributed by atoms with Crippen molar-refractivity contribution in [3.05, 3.63) is 71.8 Å². The molecular formula is C19H22O4. The van der Waals surface area contributed by atoms with Gasteiger partial charge >= 0.3 is 5.97 Å². The number of ether oxygens (including phenoxy) is 2. The highest BCUT2D eigenvalue weighted by Gasteiger charge is 2.42. The van der Waals surface area contributed by atoms with Gasteiger partial charge in [0, 0.05) is 7.11 Å². The highest BCUT2D eigenvalue weighted by molar-refractivity contribution is 5.71. The number of carbonyl (C=O) groups is 1. The summed E-state index contributed by atoms with van der Waals surface area (Å²) in [6.07, 6.45) is -0.867. The van der Waals surface area contributed by atoms with Gasteiger partial charge in [-0.3, -0.25) is 4.79 Å². The smallest absolute Gasteiger partial charge is 0.309 e. The zero-order chi connectivity index (χ0) is 16.7. The van der Waals surface area contributed by atoms with Crippen molar-refractivity contribution in [1.82, 2.24) is 0 Å². The molecule has 0 heterocycles. The van der Waals surface area contributed by atoms with E-state index in [2.05, 4.69) is 0 Å². The van der Waals surface area contributed by atoms with Crippen LogP contribution in [0.1, 0.15) is 30.6 Å². The molecule has 4 nitrogen and oxygen atoms in total. The van der Waals surface area contributed by atoms with Gasteiger partial charge in [-0.15, -0.1) is 0 Å². The summed E-state index contributed by atoms with van der Waals surface area (Å²) in [6.45, 7) is 2.01. The fourth-order valence-electron chi connectivity index (χ4n) is 2.74. The first-order valence-electron chi connectivity index (χ1n) is 7.63. The summed E-state index contributed by atoms with van der Waals surface area (Å²) in [7, 11) is 1.52. The molecule has 4 heteroatoms. The first-order chi connectivity index (χ1) is 11.1. The van der Waals surface area contributed by atoms with Gasteiger partial charge in [-0.1, -0.05) is 60.7 Å². The molecule has 0 saturated heterocycles. The van der Waals surface area contributed by atoms with Crippen LogP contribution in [0.2, 0.25) is 0 Å². The Labute approximate surface area is 136 Å². The number of hydrogen-bond acceptors (Lipinski definition) is 4. The van der Waals surface area contributed by atoms with Crippen LogP contribution < -0.4 is 0 Å². The van der Waals surface area contributed by atoms with Crippen molar-refractivity contribution < 1.29 is 19.4 Å². The molecule has 0 aliphatic heterocycles. The normalized spacial score (nSPS) is 14.7. The molecule has 0 aliphatic carbocycles. The van der Waals surface area contributed by atoms with E-state index < -0.39 is 17.7 Å². The second-order valence-electron chi connectivity index (χ2n) is 5.30. The van der Waals surface area contributed by atoms with E-state index in [-0.39, 0.29) is 13.0 Å². The zero-order valence-corrected chi connectivity index (χ0v) is 13.4. The summed E-state index contributed by atoms with van der Waals surface area (Å²) in [4.78, 5) is 12.0. The number of rotatable bonds is 7. The Morgan fingerprint density at radius 2 is 1.65 bits per heavy atom. The second-order valence-corrected chi connectivity index (χ2v) is 5.30. The van der Waals surface area contributed by atoms with Crippen molar-refractivity contribution >= 4 is 5.97 Å². The number of hydrogen-bond donors (Lipinski definition) is 1. The maximum Gasteiger partial charge on any atom is 0.309 e. The van der Waals surface area contributed by atoms with Crippen LogP contribution in [0, 0.1) is 0 Å². The van der Waals surface area contributed by atoms with Crippen LogP contribution in [0.5, 0.6) is 0 Å². The largest absolute Gasteiger partial charge is 0.466 e. The van der Waals surface area contributed by atoms with Crippen LogP contribution in [0.4, 0.5) is 0 Å². The summed E-state index contributed by atoms with van der Waals surface area (Å²) >= 11 is 0. The maximum atomic E-state index is 12.0. The molecule has 1 N–H and O–H groups in total. The van der Waals surface area contributed by atoms with Crippen molar-refractivity contribution in [2.24, 2.45) is 0 Å². The molecule has 2 rings (SSSR count). The lowest BCUT2D eigenvalue weighted by Crippen LogP contribution is -2.37. The molecule has 0 spiro atoms. The summed E-state index contributed by atoms with van der Waals surface area (Å²) in [5.74, 6) is -0.461. The van der Waals surface area contributed by atoms with Gasteiger partial charge in [0.25, 0.3) is 0 Å². The number of methoxy groups -OCH3 is 1. The van der Waals surface area contributed by atoms with Gasteiger partial charge in [-0.05, 0) is 18.1 Å².